The molecule has 0 aliphatic carbocycles. The average Bonchev–Trinajstić information content (AvgIpc) is 2.85. The molecule has 0 fully saturated rings. The van der Waals surface area contributed by atoms with Crippen LogP contribution in [0.5, 0.6) is 0 Å². The fourth-order valence-corrected chi connectivity index (χ4v) is 1.63. The van der Waals surface area contributed by atoms with Gasteiger partial charge in [0.05, 0.1) is 10.6 Å². The van der Waals surface area contributed by atoms with Gasteiger partial charge in [0.2, 0.25) is 0 Å². The number of nitrogens with two attached hydrogens (primary N) is 1. The van der Waals surface area contributed by atoms with Crippen molar-refractivity contribution in [2.45, 2.75) is 0 Å². The zero-order valence-corrected chi connectivity index (χ0v) is 8.64. The molecule has 2 N–H and O–H groups in total. The first-order chi connectivity index (χ1) is 7.74. The van der Waals surface area contributed by atoms with E-state index < -0.39 is 0 Å². The molecule has 0 saturated carbocycles. The molecule has 16 heavy (non-hydrogen) atoms. The molecule has 3 aromatic rings. The highest BCUT2D eigenvalue weighted by Gasteiger charge is 2.10. The first-order valence-corrected chi connectivity index (χ1v) is 4.75. The molecule has 0 atom stereocenters. The smallest absolute Gasteiger partial charge is 0.313 e. The standard InChI is InChI=1S/C9H5ClN5O/c10-6-3-5(8-13-14-9(11)16-8)4-15-2-1-12-7(6)15/h1-2,4H,(H2,11,14). The molecule has 79 valence electrons. The van der Waals surface area contributed by atoms with Gasteiger partial charge in [-0.1, -0.05) is 16.7 Å². The topological polar surface area (TPSA) is 82.2 Å². The average molecular weight is 235 g/mol. The highest BCUT2D eigenvalue weighted by atomic mass is 35.5. The second kappa shape index (κ2) is 3.21. The van der Waals surface area contributed by atoms with Crippen LogP contribution in [0.15, 0.2) is 23.0 Å². The van der Waals surface area contributed by atoms with Crippen molar-refractivity contribution in [3.63, 3.8) is 0 Å². The molecule has 3 aromatic heterocycles. The Labute approximate surface area is 94.7 Å². The van der Waals surface area contributed by atoms with Gasteiger partial charge in [-0.05, 0) is 0 Å². The van der Waals surface area contributed by atoms with E-state index in [4.69, 9.17) is 21.8 Å². The Bertz CT molecular complexity index is 659. The fourth-order valence-electron chi connectivity index (χ4n) is 1.38. The summed E-state index contributed by atoms with van der Waals surface area (Å²) in [6, 6.07) is 2.90. The first-order valence-electron chi connectivity index (χ1n) is 4.38. The molecule has 0 amide bonds. The van der Waals surface area contributed by atoms with Crippen molar-refractivity contribution in [1.82, 2.24) is 19.6 Å². The molecule has 7 heteroatoms. The first kappa shape index (κ1) is 9.17. The van der Waals surface area contributed by atoms with Gasteiger partial charge in [0.25, 0.3) is 5.89 Å². The summed E-state index contributed by atoms with van der Waals surface area (Å²) in [5.74, 6) is 0.273. The lowest BCUT2D eigenvalue weighted by atomic mass is 10.3. The number of anilines is 1. The largest absolute Gasteiger partial charge is 0.403 e. The van der Waals surface area contributed by atoms with Crippen LogP contribution in [0.2, 0.25) is 5.02 Å². The minimum Gasteiger partial charge on any atom is -0.403 e. The summed E-state index contributed by atoms with van der Waals surface area (Å²) in [5, 5.41) is 7.70. The number of imidazole rings is 1. The van der Waals surface area contributed by atoms with Gasteiger partial charge in [0.1, 0.15) is 0 Å². The Morgan fingerprint density at radius 3 is 3.06 bits per heavy atom. The van der Waals surface area contributed by atoms with Crippen molar-refractivity contribution in [3.05, 3.63) is 29.7 Å². The van der Waals surface area contributed by atoms with E-state index in [1.807, 2.05) is 0 Å². The third-order valence-corrected chi connectivity index (χ3v) is 2.31. The summed E-state index contributed by atoms with van der Waals surface area (Å²) in [6.07, 6.45) is 5.14. The molecule has 0 aliphatic rings. The molecule has 3 rings (SSSR count). The molecular weight excluding hydrogens is 230 g/mol. The van der Waals surface area contributed by atoms with E-state index in [1.54, 1.807) is 23.0 Å². The third kappa shape index (κ3) is 1.31. The van der Waals surface area contributed by atoms with Crippen LogP contribution < -0.4 is 5.73 Å². The molecule has 1 radical (unpaired) electrons. The maximum atomic E-state index is 6.00. The molecule has 0 spiro atoms. The van der Waals surface area contributed by atoms with E-state index in [1.165, 1.54) is 0 Å². The fraction of sp³-hybridized carbons (Fsp3) is 0. The minimum absolute atomic E-state index is 0.00486. The van der Waals surface area contributed by atoms with Gasteiger partial charge in [-0.15, -0.1) is 5.10 Å². The highest BCUT2D eigenvalue weighted by molar-refractivity contribution is 6.33. The van der Waals surface area contributed by atoms with Gasteiger partial charge >= 0.3 is 6.01 Å². The van der Waals surface area contributed by atoms with Crippen LogP contribution in [-0.4, -0.2) is 19.6 Å². The van der Waals surface area contributed by atoms with E-state index >= 15 is 0 Å². The van der Waals surface area contributed by atoms with E-state index in [2.05, 4.69) is 21.2 Å². The van der Waals surface area contributed by atoms with E-state index in [9.17, 15) is 0 Å². The Kier molecular flexibility index (Phi) is 1.84. The Balaban J connectivity index is 2.24. The number of rotatable bonds is 1. The van der Waals surface area contributed by atoms with Gasteiger partial charge in [0.15, 0.2) is 5.65 Å². The van der Waals surface area contributed by atoms with E-state index in [0.29, 0.717) is 16.2 Å². The number of fused-ring (bicyclic) bond motifs is 1. The Hall–Kier alpha value is -2.08. The molecular formula is C9H5ClN5O. The van der Waals surface area contributed by atoms with E-state index in [0.717, 1.165) is 0 Å². The number of nitrogen functional groups attached to an aromatic ring is 1. The summed E-state index contributed by atoms with van der Waals surface area (Å²) in [4.78, 5) is 4.07. The zero-order valence-electron chi connectivity index (χ0n) is 7.88. The van der Waals surface area contributed by atoms with Crippen molar-refractivity contribution in [2.75, 3.05) is 5.73 Å². The van der Waals surface area contributed by atoms with Crippen molar-refractivity contribution < 1.29 is 4.42 Å². The summed E-state index contributed by atoms with van der Waals surface area (Å²) in [7, 11) is 0. The van der Waals surface area contributed by atoms with Gasteiger partial charge in [-0.3, -0.25) is 0 Å². The molecule has 0 saturated heterocycles. The van der Waals surface area contributed by atoms with Gasteiger partial charge in [-0.25, -0.2) is 4.98 Å². The van der Waals surface area contributed by atoms with Gasteiger partial charge in [0, 0.05) is 24.7 Å². The molecule has 0 aromatic carbocycles. The molecule has 3 heterocycles. The van der Waals surface area contributed by atoms with Gasteiger partial charge in [-0.2, -0.15) is 0 Å². The summed E-state index contributed by atoms with van der Waals surface area (Å²) >= 11 is 6.00. The second-order valence-electron chi connectivity index (χ2n) is 3.09. The normalized spacial score (nSPS) is 11.1. The zero-order chi connectivity index (χ0) is 11.1. The van der Waals surface area contributed by atoms with Crippen LogP contribution in [0.4, 0.5) is 6.01 Å². The van der Waals surface area contributed by atoms with Crippen LogP contribution in [0, 0.1) is 6.07 Å². The minimum atomic E-state index is 0.00486. The van der Waals surface area contributed by atoms with E-state index in [-0.39, 0.29) is 11.9 Å². The highest BCUT2D eigenvalue weighted by Crippen LogP contribution is 2.24. The molecule has 0 aliphatic heterocycles. The number of hydrogen-bond donors (Lipinski definition) is 1. The second-order valence-corrected chi connectivity index (χ2v) is 3.46. The van der Waals surface area contributed by atoms with Crippen molar-refractivity contribution in [2.24, 2.45) is 0 Å². The number of halogens is 1. The lowest BCUT2D eigenvalue weighted by molar-refractivity contribution is 0.589. The summed E-state index contributed by atoms with van der Waals surface area (Å²) < 4.78 is 6.83. The number of pyridine rings is 1. The van der Waals surface area contributed by atoms with Crippen molar-refractivity contribution in [3.8, 4) is 11.5 Å². The number of hydrogen-bond acceptors (Lipinski definition) is 5. The molecule has 0 bridgehead atoms. The van der Waals surface area contributed by atoms with Gasteiger partial charge < -0.3 is 14.6 Å². The Morgan fingerprint density at radius 2 is 2.31 bits per heavy atom. The monoisotopic (exact) mass is 234 g/mol. The predicted octanol–water partition coefficient (Wildman–Crippen LogP) is 1.42. The summed E-state index contributed by atoms with van der Waals surface area (Å²) in [6.45, 7) is 0. The number of aromatic nitrogens is 4. The molecule has 6 nitrogen and oxygen atoms in total. The van der Waals surface area contributed by atoms with Crippen LogP contribution in [-0.2, 0) is 0 Å². The van der Waals surface area contributed by atoms with Crippen LogP contribution in [0.3, 0.4) is 0 Å². The lowest BCUT2D eigenvalue weighted by Gasteiger charge is -1.98. The number of nitrogens with zero attached hydrogens (tertiary/aromatic N) is 4. The third-order valence-electron chi connectivity index (χ3n) is 2.05. The maximum absolute atomic E-state index is 6.00. The predicted molar refractivity (Wildman–Crippen MR) is 56.7 cm³/mol. The quantitative estimate of drug-likeness (QED) is 0.689. The van der Waals surface area contributed by atoms with Crippen LogP contribution >= 0.6 is 11.6 Å². The maximum Gasteiger partial charge on any atom is 0.313 e. The van der Waals surface area contributed by atoms with Crippen LogP contribution in [0.1, 0.15) is 0 Å². The molecule has 0 unspecified atom stereocenters. The summed E-state index contributed by atoms with van der Waals surface area (Å²) in [5.41, 5.74) is 6.53. The van der Waals surface area contributed by atoms with Crippen LogP contribution in [0.25, 0.3) is 17.1 Å². The SMILES string of the molecule is Nc1nnc(-c2[c]c(Cl)c3nccn3c2)o1. The lowest BCUT2D eigenvalue weighted by Crippen LogP contribution is -1.88. The Morgan fingerprint density at radius 1 is 1.44 bits per heavy atom. The van der Waals surface area contributed by atoms with Crippen molar-refractivity contribution in [1.29, 1.82) is 0 Å². The van der Waals surface area contributed by atoms with Crippen molar-refractivity contribution >= 4 is 23.3 Å².